The van der Waals surface area contributed by atoms with E-state index in [1.54, 1.807) is 7.05 Å². The van der Waals surface area contributed by atoms with E-state index in [1.165, 1.54) is 24.1 Å². The Labute approximate surface area is 111 Å². The molecular weight excluding hydrogens is 249 g/mol. The summed E-state index contributed by atoms with van der Waals surface area (Å²) in [6.45, 7) is 3.77. The number of hydrogen-bond acceptors (Lipinski definition) is 3. The summed E-state index contributed by atoms with van der Waals surface area (Å²) in [5.74, 6) is -1.43. The molecule has 0 N–H and O–H groups in total. The Morgan fingerprint density at radius 3 is 2.63 bits per heavy atom. The number of halogens is 1. The van der Waals surface area contributed by atoms with Crippen molar-refractivity contribution in [3.63, 3.8) is 0 Å². The minimum atomic E-state index is -0.746. The Hall–Kier alpha value is -1.91. The Bertz CT molecular complexity index is 566. The van der Waals surface area contributed by atoms with Crippen molar-refractivity contribution in [1.82, 2.24) is 0 Å². The van der Waals surface area contributed by atoms with Gasteiger partial charge in [0.1, 0.15) is 5.82 Å². The lowest BCUT2D eigenvalue weighted by Crippen LogP contribution is -2.39. The predicted molar refractivity (Wildman–Crippen MR) is 68.8 cm³/mol. The third-order valence-corrected chi connectivity index (χ3v) is 3.55. The maximum absolute atomic E-state index is 14.0. The van der Waals surface area contributed by atoms with Gasteiger partial charge in [-0.05, 0) is 17.7 Å². The van der Waals surface area contributed by atoms with Crippen molar-refractivity contribution in [2.45, 2.75) is 25.7 Å². The van der Waals surface area contributed by atoms with E-state index in [2.05, 4.69) is 4.74 Å². The molecule has 0 fully saturated rings. The highest BCUT2D eigenvalue weighted by Gasteiger charge is 2.36. The van der Waals surface area contributed by atoms with Crippen LogP contribution in [-0.4, -0.2) is 26.0 Å². The molecule has 1 aromatic rings. The molecule has 19 heavy (non-hydrogen) atoms. The summed E-state index contributed by atoms with van der Waals surface area (Å²) in [6, 6.07) is 2.71. The molecule has 1 aliphatic rings. The number of carbonyl (C=O) groups excluding carboxylic acids is 2. The van der Waals surface area contributed by atoms with Gasteiger partial charge in [0.2, 0.25) is 5.91 Å². The van der Waals surface area contributed by atoms with Crippen LogP contribution in [0.3, 0.4) is 0 Å². The zero-order valence-electron chi connectivity index (χ0n) is 11.4. The largest absolute Gasteiger partial charge is 0.465 e. The molecule has 5 heteroatoms. The van der Waals surface area contributed by atoms with Crippen LogP contribution in [0.1, 0.15) is 36.2 Å². The smallest absolute Gasteiger partial charge is 0.340 e. The number of rotatable bonds is 1. The average Bonchev–Trinajstić information content (AvgIpc) is 2.34. The maximum Gasteiger partial charge on any atom is 0.340 e. The lowest BCUT2D eigenvalue weighted by Gasteiger charge is -2.37. The van der Waals surface area contributed by atoms with Gasteiger partial charge in [0, 0.05) is 24.6 Å². The fourth-order valence-corrected chi connectivity index (χ4v) is 2.37. The van der Waals surface area contributed by atoms with Gasteiger partial charge in [-0.15, -0.1) is 0 Å². The molecule has 0 saturated heterocycles. The standard InChI is InChI=1S/C14H16FNO3/c1-14(2)7-12(17)16(3)11-5-8(13(18)19-4)10(15)6-9(11)14/h5-6H,7H2,1-4H3. The maximum atomic E-state index is 14.0. The lowest BCUT2D eigenvalue weighted by molar-refractivity contribution is -0.119. The topological polar surface area (TPSA) is 46.6 Å². The molecule has 4 nitrogen and oxygen atoms in total. The number of methoxy groups -OCH3 is 1. The summed E-state index contributed by atoms with van der Waals surface area (Å²) >= 11 is 0. The molecule has 1 heterocycles. The molecule has 0 atom stereocenters. The van der Waals surface area contributed by atoms with Crippen LogP contribution in [0.2, 0.25) is 0 Å². The number of fused-ring (bicyclic) bond motifs is 1. The van der Waals surface area contributed by atoms with Gasteiger partial charge in [0.15, 0.2) is 0 Å². The number of nitrogens with zero attached hydrogens (tertiary/aromatic N) is 1. The Kier molecular flexibility index (Phi) is 3.08. The second-order valence-corrected chi connectivity index (χ2v) is 5.35. The first-order chi connectivity index (χ1) is 8.77. The van der Waals surface area contributed by atoms with Gasteiger partial charge >= 0.3 is 5.97 Å². The molecule has 0 bridgehead atoms. The van der Waals surface area contributed by atoms with Crippen molar-refractivity contribution < 1.29 is 18.7 Å². The number of hydrogen-bond donors (Lipinski definition) is 0. The van der Waals surface area contributed by atoms with Gasteiger partial charge < -0.3 is 9.64 Å². The van der Waals surface area contributed by atoms with Gasteiger partial charge in [0.05, 0.1) is 12.7 Å². The minimum absolute atomic E-state index is 0.0556. The molecule has 0 saturated carbocycles. The highest BCUT2D eigenvalue weighted by atomic mass is 19.1. The van der Waals surface area contributed by atoms with E-state index in [0.29, 0.717) is 12.1 Å². The van der Waals surface area contributed by atoms with Crippen LogP contribution >= 0.6 is 0 Å². The summed E-state index contributed by atoms with van der Waals surface area (Å²) in [5, 5.41) is 0. The van der Waals surface area contributed by atoms with E-state index >= 15 is 0 Å². The van der Waals surface area contributed by atoms with E-state index in [0.717, 1.165) is 5.56 Å². The number of esters is 1. The van der Waals surface area contributed by atoms with Crippen LogP contribution in [0.15, 0.2) is 12.1 Å². The molecule has 1 aromatic carbocycles. The molecule has 1 aliphatic heterocycles. The summed E-state index contributed by atoms with van der Waals surface area (Å²) < 4.78 is 18.5. The van der Waals surface area contributed by atoms with E-state index in [9.17, 15) is 14.0 Å². The van der Waals surface area contributed by atoms with Crippen molar-refractivity contribution >= 4 is 17.6 Å². The SMILES string of the molecule is COC(=O)c1cc2c(cc1F)C(C)(C)CC(=O)N2C. The summed E-state index contributed by atoms with van der Waals surface area (Å²) in [6.07, 6.45) is 0.313. The van der Waals surface area contributed by atoms with Gasteiger partial charge in [0.25, 0.3) is 0 Å². The van der Waals surface area contributed by atoms with Crippen LogP contribution in [0.4, 0.5) is 10.1 Å². The molecule has 0 aromatic heterocycles. The molecule has 1 amide bonds. The first-order valence-electron chi connectivity index (χ1n) is 5.97. The normalized spacial score (nSPS) is 17.1. The van der Waals surface area contributed by atoms with Gasteiger partial charge in [-0.1, -0.05) is 13.8 Å². The highest BCUT2D eigenvalue weighted by Crippen LogP contribution is 2.40. The molecular formula is C14H16FNO3. The van der Waals surface area contributed by atoms with E-state index in [-0.39, 0.29) is 11.5 Å². The van der Waals surface area contributed by atoms with E-state index < -0.39 is 17.2 Å². The molecule has 0 radical (unpaired) electrons. The number of ether oxygens (including phenoxy) is 1. The number of anilines is 1. The average molecular weight is 265 g/mol. The van der Waals surface area contributed by atoms with Crippen molar-refractivity contribution in [3.05, 3.63) is 29.1 Å². The second-order valence-electron chi connectivity index (χ2n) is 5.35. The Morgan fingerprint density at radius 1 is 1.42 bits per heavy atom. The molecule has 102 valence electrons. The van der Waals surface area contributed by atoms with Crippen LogP contribution in [0.5, 0.6) is 0 Å². The Balaban J connectivity index is 2.67. The van der Waals surface area contributed by atoms with Crippen molar-refractivity contribution in [1.29, 1.82) is 0 Å². The van der Waals surface area contributed by atoms with Crippen LogP contribution in [0, 0.1) is 5.82 Å². The monoisotopic (exact) mass is 265 g/mol. The first kappa shape index (κ1) is 13.5. The van der Waals surface area contributed by atoms with Gasteiger partial charge in [-0.25, -0.2) is 9.18 Å². The van der Waals surface area contributed by atoms with Crippen LogP contribution < -0.4 is 4.90 Å². The third kappa shape index (κ3) is 2.09. The highest BCUT2D eigenvalue weighted by molar-refractivity contribution is 5.99. The minimum Gasteiger partial charge on any atom is -0.465 e. The number of carbonyl (C=O) groups is 2. The fraction of sp³-hybridized carbons (Fsp3) is 0.429. The fourth-order valence-electron chi connectivity index (χ4n) is 2.37. The first-order valence-corrected chi connectivity index (χ1v) is 5.97. The third-order valence-electron chi connectivity index (χ3n) is 3.55. The number of benzene rings is 1. The van der Waals surface area contributed by atoms with Crippen molar-refractivity contribution in [3.8, 4) is 0 Å². The van der Waals surface area contributed by atoms with Crippen molar-refractivity contribution in [2.24, 2.45) is 0 Å². The predicted octanol–water partition coefficient (Wildman–Crippen LogP) is 2.26. The summed E-state index contributed by atoms with van der Waals surface area (Å²) in [7, 11) is 2.81. The quantitative estimate of drug-likeness (QED) is 0.732. The van der Waals surface area contributed by atoms with Crippen LogP contribution in [-0.2, 0) is 14.9 Å². The molecule has 0 spiro atoms. The number of amides is 1. The van der Waals surface area contributed by atoms with E-state index in [1.807, 2.05) is 13.8 Å². The molecule has 0 aliphatic carbocycles. The van der Waals surface area contributed by atoms with Gasteiger partial charge in [-0.3, -0.25) is 4.79 Å². The molecule has 0 unspecified atom stereocenters. The van der Waals surface area contributed by atoms with Crippen LogP contribution in [0.25, 0.3) is 0 Å². The zero-order valence-corrected chi connectivity index (χ0v) is 11.4. The van der Waals surface area contributed by atoms with Gasteiger partial charge in [-0.2, -0.15) is 0 Å². The van der Waals surface area contributed by atoms with E-state index in [4.69, 9.17) is 0 Å². The molecule has 2 rings (SSSR count). The summed E-state index contributed by atoms with van der Waals surface area (Å²) in [5.41, 5.74) is 0.676. The zero-order chi connectivity index (χ0) is 14.4. The summed E-state index contributed by atoms with van der Waals surface area (Å²) in [4.78, 5) is 24.9. The second kappa shape index (κ2) is 4.33. The lowest BCUT2D eigenvalue weighted by atomic mass is 9.77. The van der Waals surface area contributed by atoms with Crippen molar-refractivity contribution in [2.75, 3.05) is 19.1 Å². The Morgan fingerprint density at radius 2 is 2.05 bits per heavy atom.